The van der Waals surface area contributed by atoms with Crippen LogP contribution in [-0.4, -0.2) is 18.0 Å². The number of carbonyl (C=O) groups is 1. The minimum Gasteiger partial charge on any atom is -0.496 e. The molecular formula is C18H22N2O2. The third-order valence-electron chi connectivity index (χ3n) is 3.51. The Bertz CT molecular complexity index is 624. The molecule has 4 heteroatoms. The van der Waals surface area contributed by atoms with Crippen molar-refractivity contribution < 1.29 is 9.53 Å². The molecule has 2 aromatic rings. The van der Waals surface area contributed by atoms with Gasteiger partial charge in [0.15, 0.2) is 0 Å². The predicted octanol–water partition coefficient (Wildman–Crippen LogP) is 3.07. The zero-order valence-corrected chi connectivity index (χ0v) is 13.3. The zero-order chi connectivity index (χ0) is 15.9. The van der Waals surface area contributed by atoms with Gasteiger partial charge in [0.05, 0.1) is 25.8 Å². The van der Waals surface area contributed by atoms with Gasteiger partial charge in [-0.2, -0.15) is 0 Å². The van der Waals surface area contributed by atoms with Crippen molar-refractivity contribution in [1.82, 2.24) is 10.3 Å². The van der Waals surface area contributed by atoms with Crippen molar-refractivity contribution in [2.75, 3.05) is 7.11 Å². The lowest BCUT2D eigenvalue weighted by atomic mass is 9.99. The maximum atomic E-state index is 12.1. The molecule has 0 fully saturated rings. The molecule has 2 rings (SSSR count). The van der Waals surface area contributed by atoms with Gasteiger partial charge in [-0.3, -0.25) is 9.78 Å². The Balaban J connectivity index is 2.02. The SMILES string of the molecule is COc1ccc(C(C)C)cc1CC(=O)NCc1ccccn1. The number of amides is 1. The van der Waals surface area contributed by atoms with E-state index in [1.54, 1.807) is 13.3 Å². The summed E-state index contributed by atoms with van der Waals surface area (Å²) in [6, 6.07) is 11.7. The molecule has 0 spiro atoms. The van der Waals surface area contributed by atoms with Gasteiger partial charge in [-0.05, 0) is 29.7 Å². The largest absolute Gasteiger partial charge is 0.496 e. The van der Waals surface area contributed by atoms with Crippen LogP contribution in [0.1, 0.15) is 36.6 Å². The lowest BCUT2D eigenvalue weighted by molar-refractivity contribution is -0.120. The van der Waals surface area contributed by atoms with Crippen LogP contribution < -0.4 is 10.1 Å². The molecule has 1 amide bonds. The van der Waals surface area contributed by atoms with Crippen LogP contribution >= 0.6 is 0 Å². The maximum Gasteiger partial charge on any atom is 0.224 e. The summed E-state index contributed by atoms with van der Waals surface area (Å²) >= 11 is 0. The van der Waals surface area contributed by atoms with Gasteiger partial charge in [0.25, 0.3) is 0 Å². The van der Waals surface area contributed by atoms with Crippen LogP contribution in [0.3, 0.4) is 0 Å². The number of nitrogens with one attached hydrogen (secondary N) is 1. The van der Waals surface area contributed by atoms with Gasteiger partial charge >= 0.3 is 0 Å². The van der Waals surface area contributed by atoms with E-state index >= 15 is 0 Å². The topological polar surface area (TPSA) is 51.2 Å². The van der Waals surface area contributed by atoms with Crippen molar-refractivity contribution in [2.45, 2.75) is 32.7 Å². The minimum atomic E-state index is -0.0372. The highest BCUT2D eigenvalue weighted by Crippen LogP contribution is 2.24. The summed E-state index contributed by atoms with van der Waals surface area (Å²) in [5.74, 6) is 1.13. The van der Waals surface area contributed by atoms with Crippen LogP contribution in [0.4, 0.5) is 0 Å². The van der Waals surface area contributed by atoms with E-state index in [4.69, 9.17) is 4.74 Å². The number of ether oxygens (including phenoxy) is 1. The van der Waals surface area contributed by atoms with Crippen molar-refractivity contribution in [3.63, 3.8) is 0 Å². The first-order valence-corrected chi connectivity index (χ1v) is 7.43. The van der Waals surface area contributed by atoms with Crippen molar-refractivity contribution in [3.05, 3.63) is 59.4 Å². The molecule has 1 aromatic carbocycles. The fraction of sp³-hybridized carbons (Fsp3) is 0.333. The van der Waals surface area contributed by atoms with Gasteiger partial charge in [0, 0.05) is 11.8 Å². The van der Waals surface area contributed by atoms with E-state index in [1.807, 2.05) is 36.4 Å². The van der Waals surface area contributed by atoms with E-state index in [0.29, 0.717) is 18.9 Å². The monoisotopic (exact) mass is 298 g/mol. The zero-order valence-electron chi connectivity index (χ0n) is 13.3. The number of methoxy groups -OCH3 is 1. The first kappa shape index (κ1) is 16.0. The van der Waals surface area contributed by atoms with Crippen LogP contribution in [0, 0.1) is 0 Å². The standard InChI is InChI=1S/C18H22N2O2/c1-13(2)14-7-8-17(22-3)15(10-14)11-18(21)20-12-16-6-4-5-9-19-16/h4-10,13H,11-12H2,1-3H3,(H,20,21). The first-order valence-electron chi connectivity index (χ1n) is 7.43. The predicted molar refractivity (Wildman–Crippen MR) is 86.9 cm³/mol. The smallest absolute Gasteiger partial charge is 0.224 e. The van der Waals surface area contributed by atoms with E-state index in [9.17, 15) is 4.79 Å². The molecule has 0 aliphatic carbocycles. The quantitative estimate of drug-likeness (QED) is 0.891. The second-order valence-electron chi connectivity index (χ2n) is 5.50. The van der Waals surface area contributed by atoms with E-state index in [0.717, 1.165) is 17.0 Å². The lowest BCUT2D eigenvalue weighted by Gasteiger charge is -2.13. The minimum absolute atomic E-state index is 0.0372. The number of carbonyl (C=O) groups excluding carboxylic acids is 1. The Morgan fingerprint density at radius 2 is 2.09 bits per heavy atom. The third kappa shape index (κ3) is 4.32. The van der Waals surface area contributed by atoms with Gasteiger partial charge in [-0.1, -0.05) is 32.0 Å². The number of hydrogen-bond acceptors (Lipinski definition) is 3. The molecule has 0 unspecified atom stereocenters. The highest BCUT2D eigenvalue weighted by molar-refractivity contribution is 5.79. The molecule has 0 aliphatic heterocycles. The molecule has 4 nitrogen and oxygen atoms in total. The van der Waals surface area contributed by atoms with E-state index < -0.39 is 0 Å². The average Bonchev–Trinajstić information content (AvgIpc) is 2.53. The van der Waals surface area contributed by atoms with E-state index in [2.05, 4.69) is 24.1 Å². The van der Waals surface area contributed by atoms with Gasteiger partial charge in [0.1, 0.15) is 5.75 Å². The molecule has 0 saturated heterocycles. The fourth-order valence-corrected chi connectivity index (χ4v) is 2.22. The summed E-state index contributed by atoms with van der Waals surface area (Å²) in [5.41, 5.74) is 2.96. The second-order valence-corrected chi connectivity index (χ2v) is 5.50. The molecule has 116 valence electrons. The van der Waals surface area contributed by atoms with Gasteiger partial charge in [-0.25, -0.2) is 0 Å². The molecule has 1 heterocycles. The number of nitrogens with zero attached hydrogens (tertiary/aromatic N) is 1. The number of pyridine rings is 1. The van der Waals surface area contributed by atoms with Crippen LogP contribution in [0.5, 0.6) is 5.75 Å². The summed E-state index contributed by atoms with van der Waals surface area (Å²) in [4.78, 5) is 16.3. The number of rotatable bonds is 6. The van der Waals surface area contributed by atoms with Gasteiger partial charge < -0.3 is 10.1 Å². The Kier molecular flexibility index (Phi) is 5.53. The van der Waals surface area contributed by atoms with Crippen molar-refractivity contribution in [1.29, 1.82) is 0 Å². The van der Waals surface area contributed by atoms with E-state index in [1.165, 1.54) is 5.56 Å². The molecule has 0 radical (unpaired) electrons. The average molecular weight is 298 g/mol. The number of hydrogen-bond donors (Lipinski definition) is 1. The Morgan fingerprint density at radius 3 is 2.73 bits per heavy atom. The first-order chi connectivity index (χ1) is 10.6. The Labute approximate surface area is 131 Å². The molecule has 1 N–H and O–H groups in total. The summed E-state index contributed by atoms with van der Waals surface area (Å²) < 4.78 is 5.35. The molecule has 0 atom stereocenters. The fourth-order valence-electron chi connectivity index (χ4n) is 2.22. The molecule has 0 aliphatic rings. The normalized spacial score (nSPS) is 10.5. The summed E-state index contributed by atoms with van der Waals surface area (Å²) in [5, 5.41) is 2.89. The van der Waals surface area contributed by atoms with Crippen molar-refractivity contribution in [2.24, 2.45) is 0 Å². The Hall–Kier alpha value is -2.36. The maximum absolute atomic E-state index is 12.1. The highest BCUT2D eigenvalue weighted by atomic mass is 16.5. The van der Waals surface area contributed by atoms with Crippen molar-refractivity contribution in [3.8, 4) is 5.75 Å². The number of aromatic nitrogens is 1. The second kappa shape index (κ2) is 7.59. The van der Waals surface area contributed by atoms with Crippen LogP contribution in [0.15, 0.2) is 42.6 Å². The lowest BCUT2D eigenvalue weighted by Crippen LogP contribution is -2.25. The van der Waals surface area contributed by atoms with Gasteiger partial charge in [0.2, 0.25) is 5.91 Å². The third-order valence-corrected chi connectivity index (χ3v) is 3.51. The van der Waals surface area contributed by atoms with Crippen LogP contribution in [-0.2, 0) is 17.8 Å². The highest BCUT2D eigenvalue weighted by Gasteiger charge is 2.11. The molecule has 0 bridgehead atoms. The number of benzene rings is 1. The van der Waals surface area contributed by atoms with Crippen LogP contribution in [0.2, 0.25) is 0 Å². The van der Waals surface area contributed by atoms with Crippen LogP contribution in [0.25, 0.3) is 0 Å². The molecular weight excluding hydrogens is 276 g/mol. The molecule has 1 aromatic heterocycles. The summed E-state index contributed by atoms with van der Waals surface area (Å²) in [6.45, 7) is 4.70. The van der Waals surface area contributed by atoms with Crippen molar-refractivity contribution >= 4 is 5.91 Å². The molecule has 0 saturated carbocycles. The summed E-state index contributed by atoms with van der Waals surface area (Å²) in [6.07, 6.45) is 2.02. The molecule has 22 heavy (non-hydrogen) atoms. The Morgan fingerprint density at radius 1 is 1.27 bits per heavy atom. The summed E-state index contributed by atoms with van der Waals surface area (Å²) in [7, 11) is 1.62. The van der Waals surface area contributed by atoms with Gasteiger partial charge in [-0.15, -0.1) is 0 Å². The van der Waals surface area contributed by atoms with E-state index in [-0.39, 0.29) is 5.91 Å².